The molecule has 0 saturated carbocycles. The third kappa shape index (κ3) is 2.24. The van der Waals surface area contributed by atoms with Gasteiger partial charge in [-0.05, 0) is 36.2 Å². The van der Waals surface area contributed by atoms with Crippen LogP contribution in [-0.2, 0) is 6.61 Å². The summed E-state index contributed by atoms with van der Waals surface area (Å²) in [5.74, 6) is -0.429. The summed E-state index contributed by atoms with van der Waals surface area (Å²) in [6.07, 6.45) is 0. The fraction of sp³-hybridized carbons (Fsp3) is 0.143. The smallest absolute Gasteiger partial charge is 0.129 e. The normalized spacial score (nSPS) is 10.7. The van der Waals surface area contributed by atoms with Crippen molar-refractivity contribution in [1.29, 1.82) is 0 Å². The van der Waals surface area contributed by atoms with Gasteiger partial charge in [0.25, 0.3) is 0 Å². The lowest BCUT2D eigenvalue weighted by Gasteiger charge is -2.13. The molecule has 0 aliphatic rings. The molecule has 0 atom stereocenters. The second-order valence-corrected chi connectivity index (χ2v) is 4.77. The second-order valence-electron chi connectivity index (χ2n) is 3.95. The number of benzene rings is 2. The summed E-state index contributed by atoms with van der Waals surface area (Å²) >= 11 is 12.3. The number of rotatable bonds is 2. The first-order chi connectivity index (χ1) is 8.56. The van der Waals surface area contributed by atoms with Gasteiger partial charge in [-0.15, -0.1) is 0 Å². The Balaban J connectivity index is 2.73. The molecule has 1 nitrogen and oxygen atoms in total. The molecule has 0 spiro atoms. The molecule has 0 unspecified atom stereocenters. The molecule has 0 saturated heterocycles. The van der Waals surface area contributed by atoms with E-state index in [-0.39, 0.29) is 12.2 Å². The molecule has 1 N–H and O–H groups in total. The Labute approximate surface area is 115 Å². The van der Waals surface area contributed by atoms with E-state index < -0.39 is 5.82 Å². The standard InChI is InChI=1S/C14H11Cl2FO/c1-8-9(5-6-13(17)10(8)7-18)14-11(15)3-2-4-12(14)16/h2-6,18H,7H2,1H3. The molecule has 4 heteroatoms. The van der Waals surface area contributed by atoms with Gasteiger partial charge in [0.2, 0.25) is 0 Å². The molecule has 0 aliphatic heterocycles. The number of halogens is 3. The summed E-state index contributed by atoms with van der Waals surface area (Å²) < 4.78 is 13.5. The largest absolute Gasteiger partial charge is 0.392 e. The van der Waals surface area contributed by atoms with E-state index in [1.54, 1.807) is 31.2 Å². The minimum atomic E-state index is -0.429. The van der Waals surface area contributed by atoms with E-state index in [0.717, 1.165) is 5.56 Å². The Morgan fingerprint density at radius 1 is 1.11 bits per heavy atom. The number of hydrogen-bond acceptors (Lipinski definition) is 1. The molecule has 0 aliphatic carbocycles. The highest BCUT2D eigenvalue weighted by Gasteiger charge is 2.15. The summed E-state index contributed by atoms with van der Waals surface area (Å²) in [6, 6.07) is 8.14. The van der Waals surface area contributed by atoms with E-state index in [0.29, 0.717) is 21.2 Å². The van der Waals surface area contributed by atoms with Gasteiger partial charge in [-0.1, -0.05) is 35.3 Å². The molecular formula is C14H11Cl2FO. The number of aliphatic hydroxyl groups is 1. The Hall–Kier alpha value is -1.09. The zero-order valence-electron chi connectivity index (χ0n) is 9.67. The van der Waals surface area contributed by atoms with Gasteiger partial charge in [-0.25, -0.2) is 4.39 Å². The van der Waals surface area contributed by atoms with E-state index in [1.165, 1.54) is 6.07 Å². The average Bonchev–Trinajstić information content (AvgIpc) is 2.32. The zero-order chi connectivity index (χ0) is 13.3. The van der Waals surface area contributed by atoms with Crippen LogP contribution >= 0.6 is 23.2 Å². The Bertz CT molecular complexity index is 576. The molecule has 2 rings (SSSR count). The zero-order valence-corrected chi connectivity index (χ0v) is 11.2. The Morgan fingerprint density at radius 3 is 2.28 bits per heavy atom. The highest BCUT2D eigenvalue weighted by atomic mass is 35.5. The van der Waals surface area contributed by atoms with Crippen molar-refractivity contribution in [3.8, 4) is 11.1 Å². The van der Waals surface area contributed by atoms with Crippen LogP contribution in [0.4, 0.5) is 4.39 Å². The van der Waals surface area contributed by atoms with Crippen molar-refractivity contribution < 1.29 is 9.50 Å². The van der Waals surface area contributed by atoms with Crippen LogP contribution in [0.1, 0.15) is 11.1 Å². The highest BCUT2D eigenvalue weighted by molar-refractivity contribution is 6.39. The Kier molecular flexibility index (Phi) is 3.91. The lowest BCUT2D eigenvalue weighted by molar-refractivity contribution is 0.275. The fourth-order valence-electron chi connectivity index (χ4n) is 1.94. The summed E-state index contributed by atoms with van der Waals surface area (Å²) in [4.78, 5) is 0. The fourth-order valence-corrected chi connectivity index (χ4v) is 2.54. The van der Waals surface area contributed by atoms with Crippen molar-refractivity contribution >= 4 is 23.2 Å². The van der Waals surface area contributed by atoms with Crippen LogP contribution in [0, 0.1) is 12.7 Å². The molecule has 0 heterocycles. The summed E-state index contributed by atoms with van der Waals surface area (Å²) in [5, 5.41) is 10.2. The first-order valence-corrected chi connectivity index (χ1v) is 6.15. The van der Waals surface area contributed by atoms with Gasteiger partial charge >= 0.3 is 0 Å². The monoisotopic (exact) mass is 284 g/mol. The minimum absolute atomic E-state index is 0.267. The third-order valence-corrected chi connectivity index (χ3v) is 3.56. The maximum absolute atomic E-state index is 13.5. The molecule has 2 aromatic carbocycles. The van der Waals surface area contributed by atoms with Crippen LogP contribution in [-0.4, -0.2) is 5.11 Å². The molecule has 0 fully saturated rings. The molecular weight excluding hydrogens is 274 g/mol. The van der Waals surface area contributed by atoms with Crippen LogP contribution in [0.25, 0.3) is 11.1 Å². The predicted octanol–water partition coefficient (Wildman–Crippen LogP) is 4.60. The van der Waals surface area contributed by atoms with Crippen LogP contribution in [0.15, 0.2) is 30.3 Å². The summed E-state index contributed by atoms with van der Waals surface area (Å²) in [6.45, 7) is 1.39. The number of aliphatic hydroxyl groups excluding tert-OH is 1. The van der Waals surface area contributed by atoms with Gasteiger partial charge in [-0.3, -0.25) is 0 Å². The molecule has 0 amide bonds. The SMILES string of the molecule is Cc1c(-c2c(Cl)cccc2Cl)ccc(F)c1CO. The van der Waals surface area contributed by atoms with Crippen molar-refractivity contribution in [2.75, 3.05) is 0 Å². The van der Waals surface area contributed by atoms with Gasteiger partial charge < -0.3 is 5.11 Å². The van der Waals surface area contributed by atoms with Gasteiger partial charge in [0.1, 0.15) is 5.82 Å². The van der Waals surface area contributed by atoms with E-state index in [9.17, 15) is 9.50 Å². The molecule has 94 valence electrons. The van der Waals surface area contributed by atoms with Crippen molar-refractivity contribution in [3.63, 3.8) is 0 Å². The molecule has 0 radical (unpaired) electrons. The van der Waals surface area contributed by atoms with Crippen LogP contribution in [0.5, 0.6) is 0 Å². The number of hydrogen-bond donors (Lipinski definition) is 1. The van der Waals surface area contributed by atoms with Crippen molar-refractivity contribution in [2.45, 2.75) is 13.5 Å². The van der Waals surface area contributed by atoms with Crippen molar-refractivity contribution in [3.05, 3.63) is 57.3 Å². The van der Waals surface area contributed by atoms with Gasteiger partial charge in [0.05, 0.1) is 6.61 Å². The minimum Gasteiger partial charge on any atom is -0.392 e. The van der Waals surface area contributed by atoms with E-state index in [1.807, 2.05) is 0 Å². The first-order valence-electron chi connectivity index (χ1n) is 5.39. The maximum atomic E-state index is 13.5. The average molecular weight is 285 g/mol. The van der Waals surface area contributed by atoms with Crippen molar-refractivity contribution in [2.24, 2.45) is 0 Å². The van der Waals surface area contributed by atoms with E-state index in [4.69, 9.17) is 23.2 Å². The lowest BCUT2D eigenvalue weighted by Crippen LogP contribution is -1.97. The lowest BCUT2D eigenvalue weighted by atomic mass is 9.96. The maximum Gasteiger partial charge on any atom is 0.129 e. The summed E-state index contributed by atoms with van der Waals surface area (Å²) in [7, 11) is 0. The van der Waals surface area contributed by atoms with Crippen LogP contribution < -0.4 is 0 Å². The topological polar surface area (TPSA) is 20.2 Å². The third-order valence-electron chi connectivity index (χ3n) is 2.93. The van der Waals surface area contributed by atoms with Gasteiger partial charge in [-0.2, -0.15) is 0 Å². The van der Waals surface area contributed by atoms with Crippen molar-refractivity contribution in [1.82, 2.24) is 0 Å². The van der Waals surface area contributed by atoms with Gasteiger partial charge in [0, 0.05) is 21.2 Å². The predicted molar refractivity (Wildman–Crippen MR) is 72.5 cm³/mol. The van der Waals surface area contributed by atoms with Gasteiger partial charge in [0.15, 0.2) is 0 Å². The highest BCUT2D eigenvalue weighted by Crippen LogP contribution is 2.37. The molecule has 0 bridgehead atoms. The molecule has 2 aromatic rings. The van der Waals surface area contributed by atoms with E-state index in [2.05, 4.69) is 0 Å². The Morgan fingerprint density at radius 2 is 1.72 bits per heavy atom. The molecule has 18 heavy (non-hydrogen) atoms. The van der Waals surface area contributed by atoms with Crippen LogP contribution in [0.2, 0.25) is 10.0 Å². The first kappa shape index (κ1) is 13.3. The van der Waals surface area contributed by atoms with Crippen LogP contribution in [0.3, 0.4) is 0 Å². The van der Waals surface area contributed by atoms with E-state index >= 15 is 0 Å². The second kappa shape index (κ2) is 5.27. The summed E-state index contributed by atoms with van der Waals surface area (Å²) in [5.41, 5.74) is 2.31. The quantitative estimate of drug-likeness (QED) is 0.855. The molecule has 0 aromatic heterocycles.